The number of morpholine rings is 1. The van der Waals surface area contributed by atoms with Gasteiger partial charge >= 0.3 is 0 Å². The Balaban J connectivity index is 1.61. The van der Waals surface area contributed by atoms with E-state index in [0.29, 0.717) is 38.5 Å². The number of ether oxygens (including phenoxy) is 1. The van der Waals surface area contributed by atoms with Crippen LogP contribution in [0.4, 0.5) is 0 Å². The zero-order valence-corrected chi connectivity index (χ0v) is 14.4. The average molecular weight is 329 g/mol. The summed E-state index contributed by atoms with van der Waals surface area (Å²) in [5.74, 6) is 0.772. The molecule has 0 saturated carbocycles. The summed E-state index contributed by atoms with van der Waals surface area (Å²) in [6.07, 6.45) is 2.07. The fraction of sp³-hybridized carbons (Fsp3) is 0.529. The molecule has 3 rings (SSSR count). The van der Waals surface area contributed by atoms with Crippen molar-refractivity contribution in [1.29, 1.82) is 0 Å². The van der Waals surface area contributed by atoms with Crippen LogP contribution in [0.25, 0.3) is 0 Å². The number of rotatable bonds is 4. The third kappa shape index (κ3) is 3.97. The minimum absolute atomic E-state index is 0.112. The molecule has 0 radical (unpaired) electrons. The first-order valence-electron chi connectivity index (χ1n) is 8.23. The Morgan fingerprint density at radius 1 is 1.25 bits per heavy atom. The molecule has 128 valence electrons. The molecule has 7 heteroatoms. The lowest BCUT2D eigenvalue weighted by Gasteiger charge is -2.32. The van der Waals surface area contributed by atoms with Crippen molar-refractivity contribution < 1.29 is 9.53 Å². The van der Waals surface area contributed by atoms with Crippen molar-refractivity contribution in [2.75, 3.05) is 19.7 Å². The molecule has 0 unspecified atom stereocenters. The van der Waals surface area contributed by atoms with E-state index >= 15 is 0 Å². The van der Waals surface area contributed by atoms with Crippen LogP contribution in [-0.4, -0.2) is 50.3 Å². The van der Waals surface area contributed by atoms with Gasteiger partial charge in [0.05, 0.1) is 18.8 Å². The molecule has 0 bridgehead atoms. The zero-order valence-electron chi connectivity index (χ0n) is 14.4. The van der Waals surface area contributed by atoms with E-state index in [1.165, 1.54) is 0 Å². The number of carbonyl (C=O) groups excluding carboxylic acids is 1. The Labute approximate surface area is 141 Å². The summed E-state index contributed by atoms with van der Waals surface area (Å²) < 4.78 is 7.59. The van der Waals surface area contributed by atoms with Gasteiger partial charge in [0, 0.05) is 37.1 Å². The maximum absolute atomic E-state index is 12.5. The van der Waals surface area contributed by atoms with Crippen molar-refractivity contribution in [3.05, 3.63) is 41.2 Å². The average Bonchev–Trinajstić information content (AvgIpc) is 2.97. The van der Waals surface area contributed by atoms with E-state index < -0.39 is 0 Å². The molecule has 1 fully saturated rings. The van der Waals surface area contributed by atoms with Gasteiger partial charge in [-0.3, -0.25) is 9.48 Å². The topological polar surface area (TPSA) is 73.1 Å². The number of nitrogens with zero attached hydrogens (tertiary/aromatic N) is 5. The van der Waals surface area contributed by atoms with Gasteiger partial charge in [0.1, 0.15) is 6.10 Å². The van der Waals surface area contributed by atoms with Crippen LogP contribution in [0, 0.1) is 20.8 Å². The quantitative estimate of drug-likeness (QED) is 0.852. The number of aromatic nitrogens is 4. The second kappa shape index (κ2) is 7.09. The summed E-state index contributed by atoms with van der Waals surface area (Å²) >= 11 is 0. The van der Waals surface area contributed by atoms with Gasteiger partial charge in [-0.05, 0) is 32.9 Å². The van der Waals surface area contributed by atoms with Crippen LogP contribution in [0.15, 0.2) is 18.3 Å². The first-order chi connectivity index (χ1) is 11.5. The number of carbonyl (C=O) groups is 1. The summed E-state index contributed by atoms with van der Waals surface area (Å²) in [7, 11) is 0. The second-order valence-electron chi connectivity index (χ2n) is 6.18. The number of hydrogen-bond donors (Lipinski definition) is 0. The molecule has 1 atom stereocenters. The van der Waals surface area contributed by atoms with Crippen LogP contribution >= 0.6 is 0 Å². The van der Waals surface area contributed by atoms with Gasteiger partial charge in [-0.15, -0.1) is 0 Å². The van der Waals surface area contributed by atoms with E-state index in [-0.39, 0.29) is 12.0 Å². The van der Waals surface area contributed by atoms with Crippen LogP contribution in [0.1, 0.15) is 35.4 Å². The molecule has 2 aromatic rings. The fourth-order valence-corrected chi connectivity index (χ4v) is 2.89. The molecule has 0 spiro atoms. The highest BCUT2D eigenvalue weighted by Crippen LogP contribution is 2.20. The monoisotopic (exact) mass is 329 g/mol. The maximum Gasteiger partial charge on any atom is 0.224 e. The normalized spacial score (nSPS) is 18.0. The van der Waals surface area contributed by atoms with E-state index in [1.807, 2.05) is 44.0 Å². The minimum atomic E-state index is -0.256. The molecular formula is C17H23N5O2. The molecule has 2 aromatic heterocycles. The van der Waals surface area contributed by atoms with Gasteiger partial charge in [0.25, 0.3) is 0 Å². The Bertz CT molecular complexity index is 707. The maximum atomic E-state index is 12.5. The first kappa shape index (κ1) is 16.6. The lowest BCUT2D eigenvalue weighted by atomic mass is 10.2. The molecule has 1 aliphatic rings. The number of aryl methyl sites for hydroxylation is 4. The van der Waals surface area contributed by atoms with Gasteiger partial charge < -0.3 is 9.64 Å². The molecule has 1 aliphatic heterocycles. The molecule has 3 heterocycles. The predicted octanol–water partition coefficient (Wildman–Crippen LogP) is 1.59. The lowest BCUT2D eigenvalue weighted by molar-refractivity contribution is -0.139. The van der Waals surface area contributed by atoms with Crippen LogP contribution in [-0.2, 0) is 16.1 Å². The van der Waals surface area contributed by atoms with E-state index in [4.69, 9.17) is 4.74 Å². The van der Waals surface area contributed by atoms with Crippen molar-refractivity contribution >= 4 is 5.91 Å². The van der Waals surface area contributed by atoms with Gasteiger partial charge in [0.2, 0.25) is 5.91 Å². The van der Waals surface area contributed by atoms with Crippen molar-refractivity contribution in [3.8, 4) is 0 Å². The molecule has 1 amide bonds. The number of hydrogen-bond acceptors (Lipinski definition) is 5. The molecule has 1 saturated heterocycles. The molecule has 7 nitrogen and oxygen atoms in total. The van der Waals surface area contributed by atoms with Gasteiger partial charge in [-0.25, -0.2) is 9.97 Å². The van der Waals surface area contributed by atoms with Crippen molar-refractivity contribution in [1.82, 2.24) is 24.6 Å². The number of amides is 1. The molecular weight excluding hydrogens is 306 g/mol. The smallest absolute Gasteiger partial charge is 0.224 e. The lowest BCUT2D eigenvalue weighted by Crippen LogP contribution is -2.43. The van der Waals surface area contributed by atoms with Crippen molar-refractivity contribution in [2.45, 2.75) is 39.8 Å². The predicted molar refractivity (Wildman–Crippen MR) is 88.4 cm³/mol. The summed E-state index contributed by atoms with van der Waals surface area (Å²) in [6.45, 7) is 8.03. The minimum Gasteiger partial charge on any atom is -0.367 e. The molecule has 24 heavy (non-hydrogen) atoms. The van der Waals surface area contributed by atoms with Gasteiger partial charge in [-0.1, -0.05) is 0 Å². The van der Waals surface area contributed by atoms with Gasteiger partial charge in [-0.2, -0.15) is 5.10 Å². The van der Waals surface area contributed by atoms with Crippen molar-refractivity contribution in [2.24, 2.45) is 0 Å². The summed E-state index contributed by atoms with van der Waals surface area (Å²) in [5, 5.41) is 4.31. The largest absolute Gasteiger partial charge is 0.367 e. The Hall–Kier alpha value is -2.28. The van der Waals surface area contributed by atoms with Crippen LogP contribution in [0.3, 0.4) is 0 Å². The molecule has 0 aromatic carbocycles. The Morgan fingerprint density at radius 3 is 2.67 bits per heavy atom. The van der Waals surface area contributed by atoms with Crippen LogP contribution in [0.5, 0.6) is 0 Å². The van der Waals surface area contributed by atoms with Crippen LogP contribution < -0.4 is 0 Å². The highest BCUT2D eigenvalue weighted by atomic mass is 16.5. The summed E-state index contributed by atoms with van der Waals surface area (Å²) in [5.41, 5.74) is 2.79. The van der Waals surface area contributed by atoms with E-state index in [0.717, 1.165) is 17.1 Å². The summed E-state index contributed by atoms with van der Waals surface area (Å²) in [6, 6.07) is 3.87. The first-order valence-corrected chi connectivity index (χ1v) is 8.23. The van der Waals surface area contributed by atoms with E-state index in [9.17, 15) is 4.79 Å². The highest BCUT2D eigenvalue weighted by Gasteiger charge is 2.27. The third-order valence-electron chi connectivity index (χ3n) is 4.04. The van der Waals surface area contributed by atoms with Crippen molar-refractivity contribution in [3.63, 3.8) is 0 Å². The highest BCUT2D eigenvalue weighted by molar-refractivity contribution is 5.76. The van der Waals surface area contributed by atoms with E-state index in [1.54, 1.807) is 4.68 Å². The molecule has 0 aliphatic carbocycles. The second-order valence-corrected chi connectivity index (χ2v) is 6.18. The molecule has 0 N–H and O–H groups in total. The standard InChI is InChI=1S/C17H23N5O2/c1-12-4-6-22(20-12)7-5-16(23)21-8-9-24-15(11-21)17-18-13(2)10-14(3)19-17/h4,6,10,15H,5,7-9,11H2,1-3H3/t15-/m1/s1. The van der Waals surface area contributed by atoms with Gasteiger partial charge in [0.15, 0.2) is 5.82 Å². The third-order valence-corrected chi connectivity index (χ3v) is 4.04. The zero-order chi connectivity index (χ0) is 17.1. The summed E-state index contributed by atoms with van der Waals surface area (Å²) in [4.78, 5) is 23.2. The SMILES string of the molecule is Cc1cc(C)nc([C@H]2CN(C(=O)CCn3ccc(C)n3)CCO2)n1. The Kier molecular flexibility index (Phi) is 4.89. The Morgan fingerprint density at radius 2 is 2.00 bits per heavy atom. The van der Waals surface area contributed by atoms with Crippen LogP contribution in [0.2, 0.25) is 0 Å². The van der Waals surface area contributed by atoms with E-state index in [2.05, 4.69) is 15.1 Å². The fourth-order valence-electron chi connectivity index (χ4n) is 2.89.